The Hall–Kier alpha value is -1.62. The summed E-state index contributed by atoms with van der Waals surface area (Å²) in [6, 6.07) is 8.80. The highest BCUT2D eigenvalue weighted by Gasteiger charge is 2.13. The summed E-state index contributed by atoms with van der Waals surface area (Å²) >= 11 is 3.22. The van der Waals surface area contributed by atoms with Gasteiger partial charge in [0.15, 0.2) is 17.4 Å². The minimum Gasteiger partial charge on any atom is -0.450 e. The van der Waals surface area contributed by atoms with Gasteiger partial charge in [0.1, 0.15) is 5.75 Å². The molecule has 0 heterocycles. The number of benzene rings is 2. The molecular weight excluding hydrogens is 292 g/mol. The zero-order valence-electron chi connectivity index (χ0n) is 8.58. The summed E-state index contributed by atoms with van der Waals surface area (Å²) in [6.45, 7) is 0. The van der Waals surface area contributed by atoms with Gasteiger partial charge in [-0.05, 0) is 28.1 Å². The maximum absolute atomic E-state index is 13.5. The molecule has 5 heteroatoms. The molecule has 0 aliphatic carbocycles. The standard InChI is InChI=1S/C12H8BrF2NO/c13-8-3-1-2-4-11(8)17-12-9(14)5-7(16)6-10(12)15/h1-6H,16H2. The van der Waals surface area contributed by atoms with Crippen molar-refractivity contribution in [3.8, 4) is 11.5 Å². The molecule has 0 saturated carbocycles. The van der Waals surface area contributed by atoms with E-state index in [0.29, 0.717) is 10.2 Å². The fourth-order valence-corrected chi connectivity index (χ4v) is 1.68. The predicted octanol–water partition coefficient (Wildman–Crippen LogP) is 4.10. The minimum absolute atomic E-state index is 0.0134. The number of ether oxygens (including phenoxy) is 1. The van der Waals surface area contributed by atoms with E-state index in [2.05, 4.69) is 15.9 Å². The highest BCUT2D eigenvalue weighted by atomic mass is 79.9. The molecule has 0 fully saturated rings. The lowest BCUT2D eigenvalue weighted by molar-refractivity contribution is 0.406. The Balaban J connectivity index is 2.40. The molecular formula is C12H8BrF2NO. The summed E-state index contributed by atoms with van der Waals surface area (Å²) in [5.41, 5.74) is 5.32. The first kappa shape index (κ1) is 11.9. The van der Waals surface area contributed by atoms with Crippen LogP contribution in [0.1, 0.15) is 0 Å². The second-order valence-electron chi connectivity index (χ2n) is 3.35. The summed E-state index contributed by atoms with van der Waals surface area (Å²) in [4.78, 5) is 0. The van der Waals surface area contributed by atoms with Crippen molar-refractivity contribution in [1.82, 2.24) is 0 Å². The molecule has 0 saturated heterocycles. The lowest BCUT2D eigenvalue weighted by Gasteiger charge is -2.09. The Kier molecular flexibility index (Phi) is 3.28. The topological polar surface area (TPSA) is 35.2 Å². The van der Waals surface area contributed by atoms with Gasteiger partial charge in [0, 0.05) is 17.8 Å². The lowest BCUT2D eigenvalue weighted by Crippen LogP contribution is -1.96. The van der Waals surface area contributed by atoms with Gasteiger partial charge in [-0.25, -0.2) is 8.78 Å². The van der Waals surface area contributed by atoms with E-state index in [9.17, 15) is 8.78 Å². The number of rotatable bonds is 2. The SMILES string of the molecule is Nc1cc(F)c(Oc2ccccc2Br)c(F)c1. The number of hydrogen-bond donors (Lipinski definition) is 1. The van der Waals surface area contributed by atoms with Crippen LogP contribution >= 0.6 is 15.9 Å². The third-order valence-electron chi connectivity index (χ3n) is 2.07. The molecule has 0 spiro atoms. The maximum Gasteiger partial charge on any atom is 0.198 e. The van der Waals surface area contributed by atoms with Crippen molar-refractivity contribution in [2.45, 2.75) is 0 Å². The first-order valence-electron chi connectivity index (χ1n) is 4.75. The number of nitrogen functional groups attached to an aromatic ring is 1. The molecule has 0 aliphatic heterocycles. The van der Waals surface area contributed by atoms with Crippen LogP contribution in [0.3, 0.4) is 0 Å². The van der Waals surface area contributed by atoms with Crippen molar-refractivity contribution >= 4 is 21.6 Å². The van der Waals surface area contributed by atoms with Crippen molar-refractivity contribution in [2.75, 3.05) is 5.73 Å². The van der Waals surface area contributed by atoms with Gasteiger partial charge in [0.05, 0.1) is 4.47 Å². The van der Waals surface area contributed by atoms with E-state index in [-0.39, 0.29) is 5.69 Å². The Morgan fingerprint density at radius 1 is 1.06 bits per heavy atom. The average molecular weight is 300 g/mol. The van der Waals surface area contributed by atoms with Crippen molar-refractivity contribution in [3.05, 3.63) is 52.5 Å². The van der Waals surface area contributed by atoms with Crippen LogP contribution in [0.15, 0.2) is 40.9 Å². The third-order valence-corrected chi connectivity index (χ3v) is 2.72. The molecule has 0 atom stereocenters. The number of anilines is 1. The first-order chi connectivity index (χ1) is 8.08. The highest BCUT2D eigenvalue weighted by Crippen LogP contribution is 2.33. The van der Waals surface area contributed by atoms with Crippen molar-refractivity contribution < 1.29 is 13.5 Å². The average Bonchev–Trinajstić information content (AvgIpc) is 2.25. The van der Waals surface area contributed by atoms with Crippen molar-refractivity contribution in [1.29, 1.82) is 0 Å². The molecule has 0 amide bonds. The monoisotopic (exact) mass is 299 g/mol. The Bertz CT molecular complexity index is 537. The second kappa shape index (κ2) is 4.71. The predicted molar refractivity (Wildman–Crippen MR) is 65.0 cm³/mol. The largest absolute Gasteiger partial charge is 0.450 e. The van der Waals surface area contributed by atoms with Crippen LogP contribution in [0.2, 0.25) is 0 Å². The summed E-state index contributed by atoms with van der Waals surface area (Å²) in [6.07, 6.45) is 0. The van der Waals surface area contributed by atoms with Gasteiger partial charge in [-0.1, -0.05) is 12.1 Å². The van der Waals surface area contributed by atoms with Gasteiger partial charge in [-0.3, -0.25) is 0 Å². The van der Waals surface area contributed by atoms with Crippen LogP contribution in [0.25, 0.3) is 0 Å². The van der Waals surface area contributed by atoms with Gasteiger partial charge in [0.2, 0.25) is 0 Å². The molecule has 0 unspecified atom stereocenters. The maximum atomic E-state index is 13.5. The van der Waals surface area contributed by atoms with Crippen LogP contribution in [0, 0.1) is 11.6 Å². The molecule has 0 radical (unpaired) electrons. The lowest BCUT2D eigenvalue weighted by atomic mass is 10.2. The second-order valence-corrected chi connectivity index (χ2v) is 4.20. The fourth-order valence-electron chi connectivity index (χ4n) is 1.31. The van der Waals surface area contributed by atoms with E-state index in [0.717, 1.165) is 12.1 Å². The number of halogens is 3. The molecule has 88 valence electrons. The third kappa shape index (κ3) is 2.55. The van der Waals surface area contributed by atoms with E-state index >= 15 is 0 Å². The molecule has 0 bridgehead atoms. The van der Waals surface area contributed by atoms with E-state index in [4.69, 9.17) is 10.5 Å². The zero-order valence-corrected chi connectivity index (χ0v) is 10.2. The number of hydrogen-bond acceptors (Lipinski definition) is 2. The molecule has 0 aromatic heterocycles. The Morgan fingerprint density at radius 3 is 2.24 bits per heavy atom. The van der Waals surface area contributed by atoms with Crippen LogP contribution in [0.5, 0.6) is 11.5 Å². The molecule has 2 aromatic rings. The van der Waals surface area contributed by atoms with E-state index in [1.807, 2.05) is 0 Å². The first-order valence-corrected chi connectivity index (χ1v) is 5.54. The summed E-state index contributed by atoms with van der Waals surface area (Å²) in [7, 11) is 0. The quantitative estimate of drug-likeness (QED) is 0.847. The molecule has 2 nitrogen and oxygen atoms in total. The van der Waals surface area contributed by atoms with Gasteiger partial charge in [0.25, 0.3) is 0 Å². The number of para-hydroxylation sites is 1. The highest BCUT2D eigenvalue weighted by molar-refractivity contribution is 9.10. The fraction of sp³-hybridized carbons (Fsp3) is 0. The van der Waals surface area contributed by atoms with Crippen LogP contribution in [0.4, 0.5) is 14.5 Å². The Labute approximate surface area is 105 Å². The number of nitrogens with two attached hydrogens (primary N) is 1. The summed E-state index contributed by atoms with van der Waals surface area (Å²) in [5.74, 6) is -1.81. The van der Waals surface area contributed by atoms with Crippen LogP contribution in [-0.2, 0) is 0 Å². The van der Waals surface area contributed by atoms with Crippen molar-refractivity contribution in [2.24, 2.45) is 0 Å². The molecule has 17 heavy (non-hydrogen) atoms. The molecule has 2 aromatic carbocycles. The summed E-state index contributed by atoms with van der Waals surface area (Å²) in [5, 5.41) is 0. The van der Waals surface area contributed by atoms with Gasteiger partial charge < -0.3 is 10.5 Å². The van der Waals surface area contributed by atoms with Crippen LogP contribution < -0.4 is 10.5 Å². The van der Waals surface area contributed by atoms with Gasteiger partial charge in [-0.15, -0.1) is 0 Å². The van der Waals surface area contributed by atoms with E-state index in [1.165, 1.54) is 0 Å². The Morgan fingerprint density at radius 2 is 1.65 bits per heavy atom. The summed E-state index contributed by atoms with van der Waals surface area (Å²) < 4.78 is 32.7. The molecule has 2 N–H and O–H groups in total. The van der Waals surface area contributed by atoms with Crippen LogP contribution in [-0.4, -0.2) is 0 Å². The smallest absolute Gasteiger partial charge is 0.198 e. The zero-order chi connectivity index (χ0) is 12.4. The minimum atomic E-state index is -0.835. The van der Waals surface area contributed by atoms with E-state index in [1.54, 1.807) is 24.3 Å². The molecule has 2 rings (SSSR count). The van der Waals surface area contributed by atoms with Gasteiger partial charge in [-0.2, -0.15) is 0 Å². The molecule has 0 aliphatic rings. The van der Waals surface area contributed by atoms with Crippen molar-refractivity contribution in [3.63, 3.8) is 0 Å². The normalized spacial score (nSPS) is 10.3. The van der Waals surface area contributed by atoms with Gasteiger partial charge >= 0.3 is 0 Å². The van der Waals surface area contributed by atoms with E-state index < -0.39 is 17.4 Å².